The fraction of sp³-hybridized carbons (Fsp3) is 0.0566. The van der Waals surface area contributed by atoms with E-state index >= 15 is 0 Å². The van der Waals surface area contributed by atoms with Gasteiger partial charge in [-0.25, -0.2) is 9.97 Å². The molecule has 0 saturated heterocycles. The second kappa shape index (κ2) is 12.7. The summed E-state index contributed by atoms with van der Waals surface area (Å²) in [6.45, 7) is 4.74. The van der Waals surface area contributed by atoms with Gasteiger partial charge in [0.15, 0.2) is 5.82 Å². The zero-order valence-electron chi connectivity index (χ0n) is 31.1. The van der Waals surface area contributed by atoms with Crippen LogP contribution in [0.4, 0.5) is 0 Å². The molecule has 0 unspecified atom stereocenters. The van der Waals surface area contributed by atoms with Crippen LogP contribution in [0.5, 0.6) is 0 Å². The van der Waals surface area contributed by atoms with Crippen LogP contribution in [0.2, 0.25) is 0 Å². The van der Waals surface area contributed by atoms with Gasteiger partial charge in [0.25, 0.3) is 0 Å². The highest BCUT2D eigenvalue weighted by atomic mass is 32.1. The summed E-state index contributed by atoms with van der Waals surface area (Å²) >= 11 is 1.83. The third kappa shape index (κ3) is 5.23. The Morgan fingerprint density at radius 2 is 1.05 bits per heavy atom. The zero-order valence-corrected chi connectivity index (χ0v) is 31.9. The fourth-order valence-corrected chi connectivity index (χ4v) is 9.92. The zero-order chi connectivity index (χ0) is 37.4. The quantitative estimate of drug-likeness (QED) is 0.176. The molecular formula is C53H36N2S. The molecule has 56 heavy (non-hydrogen) atoms. The molecule has 0 atom stereocenters. The third-order valence-corrected chi connectivity index (χ3v) is 12.8. The molecule has 2 nitrogen and oxygen atoms in total. The van der Waals surface area contributed by atoms with Crippen LogP contribution in [0.25, 0.3) is 98.2 Å². The van der Waals surface area contributed by atoms with Crippen LogP contribution in [0, 0.1) is 0 Å². The van der Waals surface area contributed by atoms with E-state index < -0.39 is 0 Å². The lowest BCUT2D eigenvalue weighted by Gasteiger charge is -2.22. The van der Waals surface area contributed by atoms with Crippen molar-refractivity contribution < 1.29 is 0 Å². The lowest BCUT2D eigenvalue weighted by molar-refractivity contribution is 0.661. The van der Waals surface area contributed by atoms with Crippen molar-refractivity contribution in [3.05, 3.63) is 193 Å². The molecule has 3 heteroatoms. The first-order valence-corrected chi connectivity index (χ1v) is 20.0. The van der Waals surface area contributed by atoms with E-state index in [2.05, 4.69) is 190 Å². The molecule has 0 aliphatic heterocycles. The predicted octanol–water partition coefficient (Wildman–Crippen LogP) is 14.6. The lowest BCUT2D eigenvalue weighted by atomic mass is 9.81. The molecular weight excluding hydrogens is 697 g/mol. The van der Waals surface area contributed by atoms with E-state index in [-0.39, 0.29) is 5.41 Å². The molecule has 0 N–H and O–H groups in total. The normalized spacial score (nSPS) is 13.0. The number of aromatic nitrogens is 2. The minimum absolute atomic E-state index is 0.111. The molecule has 0 radical (unpaired) electrons. The van der Waals surface area contributed by atoms with Gasteiger partial charge in [-0.1, -0.05) is 159 Å². The Morgan fingerprint density at radius 3 is 1.88 bits per heavy atom. The fourth-order valence-electron chi connectivity index (χ4n) is 8.86. The van der Waals surface area contributed by atoms with E-state index in [1.165, 1.54) is 75.5 Å². The van der Waals surface area contributed by atoms with Gasteiger partial charge in [0.05, 0.1) is 11.4 Å². The van der Waals surface area contributed by atoms with Crippen LogP contribution >= 0.6 is 11.3 Å². The minimum Gasteiger partial charge on any atom is -0.228 e. The Balaban J connectivity index is 1.09. The van der Waals surface area contributed by atoms with E-state index in [1.807, 2.05) is 17.4 Å². The summed E-state index contributed by atoms with van der Waals surface area (Å²) in [6, 6.07) is 66.0. The van der Waals surface area contributed by atoms with Crippen LogP contribution in [0.3, 0.4) is 0 Å². The Kier molecular flexibility index (Phi) is 7.42. The summed E-state index contributed by atoms with van der Waals surface area (Å²) in [5.41, 5.74) is 13.9. The monoisotopic (exact) mass is 732 g/mol. The van der Waals surface area contributed by atoms with Crippen molar-refractivity contribution in [2.75, 3.05) is 0 Å². The lowest BCUT2D eigenvalue weighted by Crippen LogP contribution is -2.14. The van der Waals surface area contributed by atoms with Crippen LogP contribution < -0.4 is 0 Å². The summed E-state index contributed by atoms with van der Waals surface area (Å²) in [4.78, 5) is 11.7. The van der Waals surface area contributed by atoms with Gasteiger partial charge in [-0.05, 0) is 102 Å². The number of fused-ring (bicyclic) bond motifs is 6. The molecule has 2 heterocycles. The summed E-state index contributed by atoms with van der Waals surface area (Å²) in [7, 11) is 0. The topological polar surface area (TPSA) is 25.8 Å². The first-order valence-electron chi connectivity index (χ1n) is 19.2. The van der Waals surface area contributed by atoms with Crippen molar-refractivity contribution in [1.29, 1.82) is 0 Å². The van der Waals surface area contributed by atoms with Crippen molar-refractivity contribution in [1.82, 2.24) is 9.97 Å². The number of hydrogen-bond donors (Lipinski definition) is 0. The van der Waals surface area contributed by atoms with Gasteiger partial charge in [-0.3, -0.25) is 0 Å². The Labute approximate surface area is 330 Å². The molecule has 0 saturated carbocycles. The molecule has 0 spiro atoms. The Hall–Kier alpha value is -6.68. The third-order valence-electron chi connectivity index (χ3n) is 11.7. The molecule has 0 fully saturated rings. The van der Waals surface area contributed by atoms with Gasteiger partial charge >= 0.3 is 0 Å². The molecule has 264 valence electrons. The number of benzene rings is 8. The minimum atomic E-state index is -0.111. The van der Waals surface area contributed by atoms with E-state index in [9.17, 15) is 0 Å². The highest BCUT2D eigenvalue weighted by molar-refractivity contribution is 7.22. The number of rotatable bonds is 5. The first kappa shape index (κ1) is 32.7. The second-order valence-electron chi connectivity index (χ2n) is 15.4. The second-order valence-corrected chi connectivity index (χ2v) is 16.4. The first-order chi connectivity index (χ1) is 27.5. The summed E-state index contributed by atoms with van der Waals surface area (Å²) < 4.78 is 1.29. The van der Waals surface area contributed by atoms with Crippen LogP contribution in [-0.2, 0) is 5.41 Å². The Bertz CT molecular complexity index is 3140. The van der Waals surface area contributed by atoms with E-state index in [0.29, 0.717) is 5.82 Å². The van der Waals surface area contributed by atoms with Gasteiger partial charge in [-0.15, -0.1) is 11.3 Å². The van der Waals surface area contributed by atoms with Gasteiger partial charge in [0, 0.05) is 31.7 Å². The highest BCUT2D eigenvalue weighted by Gasteiger charge is 2.37. The predicted molar refractivity (Wildman–Crippen MR) is 237 cm³/mol. The maximum Gasteiger partial charge on any atom is 0.160 e. The summed E-state index contributed by atoms with van der Waals surface area (Å²) in [6.07, 6.45) is 0. The average Bonchev–Trinajstić information content (AvgIpc) is 3.79. The van der Waals surface area contributed by atoms with Crippen molar-refractivity contribution in [3.8, 4) is 66.6 Å². The van der Waals surface area contributed by atoms with Crippen LogP contribution in [0.15, 0.2) is 182 Å². The summed E-state index contributed by atoms with van der Waals surface area (Å²) in [5.74, 6) is 0.713. The van der Waals surface area contributed by atoms with Crippen LogP contribution in [0.1, 0.15) is 25.0 Å². The van der Waals surface area contributed by atoms with Crippen molar-refractivity contribution in [2.45, 2.75) is 19.3 Å². The van der Waals surface area contributed by atoms with Crippen LogP contribution in [-0.4, -0.2) is 9.97 Å². The molecule has 1 aliphatic rings. The van der Waals surface area contributed by atoms with Gasteiger partial charge in [0.2, 0.25) is 0 Å². The Morgan fingerprint density at radius 1 is 0.411 bits per heavy atom. The molecule has 0 amide bonds. The van der Waals surface area contributed by atoms with Crippen molar-refractivity contribution >= 4 is 43.0 Å². The molecule has 11 rings (SSSR count). The molecule has 10 aromatic rings. The standard InChI is InChI=1S/C53H36N2S/c1-53(2)45-24-13-23-43(51(45)44-29-34-16-6-7-17-35(34)30-46(44)53)41-26-27-42(40-22-10-9-21-39(40)41)48-32-47(54-52(55-48)33-14-4-3-5-15-33)36-19-12-20-37(28-36)50-31-38-18-8-11-25-49(38)56-50/h3-32H,1-2H3. The van der Waals surface area contributed by atoms with E-state index in [4.69, 9.17) is 9.97 Å². The van der Waals surface area contributed by atoms with Crippen molar-refractivity contribution in [3.63, 3.8) is 0 Å². The van der Waals surface area contributed by atoms with Gasteiger partial charge in [0.1, 0.15) is 0 Å². The highest BCUT2D eigenvalue weighted by Crippen LogP contribution is 2.54. The SMILES string of the molecule is CC1(C)c2cc3ccccc3cc2-c2c(-c3ccc(-c4cc(-c5cccc(-c6cc7ccccc7s6)c5)nc(-c5ccccc5)n4)c4ccccc34)cccc21. The molecule has 0 bridgehead atoms. The maximum atomic E-state index is 5.29. The number of nitrogens with zero attached hydrogens (tertiary/aromatic N) is 2. The largest absolute Gasteiger partial charge is 0.228 e. The number of hydrogen-bond acceptors (Lipinski definition) is 3. The average molecular weight is 733 g/mol. The smallest absolute Gasteiger partial charge is 0.160 e. The van der Waals surface area contributed by atoms with E-state index in [1.54, 1.807) is 0 Å². The van der Waals surface area contributed by atoms with E-state index in [0.717, 1.165) is 28.1 Å². The van der Waals surface area contributed by atoms with Gasteiger partial charge in [-0.2, -0.15) is 0 Å². The van der Waals surface area contributed by atoms with Crippen molar-refractivity contribution in [2.24, 2.45) is 0 Å². The molecule has 2 aromatic heterocycles. The summed E-state index contributed by atoms with van der Waals surface area (Å²) in [5, 5.41) is 6.20. The maximum absolute atomic E-state index is 5.29. The molecule has 1 aliphatic carbocycles. The molecule has 8 aromatic carbocycles. The number of thiophene rings is 1. The van der Waals surface area contributed by atoms with Gasteiger partial charge < -0.3 is 0 Å².